The average Bonchev–Trinajstić information content (AvgIpc) is 2.88. The predicted molar refractivity (Wildman–Crippen MR) is 133 cm³/mol. The van der Waals surface area contributed by atoms with Gasteiger partial charge in [0.05, 0.1) is 12.2 Å². The molecule has 1 heterocycles. The number of halogens is 2. The molecular weight excluding hydrogens is 494 g/mol. The molecule has 0 saturated heterocycles. The highest BCUT2D eigenvalue weighted by Crippen LogP contribution is 2.15. The van der Waals surface area contributed by atoms with E-state index in [1.54, 1.807) is 6.07 Å². The Morgan fingerprint density at radius 2 is 2.00 bits per heavy atom. The molecule has 0 radical (unpaired) electrons. The lowest BCUT2D eigenvalue weighted by Crippen LogP contribution is -2.43. The molecule has 168 valence electrons. The minimum atomic E-state index is -0.174. The number of aryl methyl sites for hydroxylation is 2. The van der Waals surface area contributed by atoms with Gasteiger partial charge in [0.15, 0.2) is 5.96 Å². The molecule has 8 heteroatoms. The summed E-state index contributed by atoms with van der Waals surface area (Å²) in [5, 5.41) is 11.3. The summed E-state index contributed by atoms with van der Waals surface area (Å²) in [5.74, 6) is 0.588. The van der Waals surface area contributed by atoms with Crippen molar-refractivity contribution in [3.63, 3.8) is 0 Å². The van der Waals surface area contributed by atoms with E-state index >= 15 is 0 Å². The van der Waals surface area contributed by atoms with Crippen LogP contribution in [0.1, 0.15) is 41.9 Å². The molecule has 0 saturated carbocycles. The molecule has 1 atom stereocenters. The molecule has 0 fully saturated rings. The maximum atomic E-state index is 14.0. The Labute approximate surface area is 197 Å². The summed E-state index contributed by atoms with van der Waals surface area (Å²) in [4.78, 5) is 6.66. The molecule has 2 aromatic rings. The van der Waals surface area contributed by atoms with Gasteiger partial charge in [-0.2, -0.15) is 5.10 Å². The minimum Gasteiger partial charge on any atom is -0.357 e. The van der Waals surface area contributed by atoms with Gasteiger partial charge in [0.25, 0.3) is 0 Å². The molecule has 0 aliphatic rings. The van der Waals surface area contributed by atoms with Crippen molar-refractivity contribution in [3.05, 3.63) is 52.1 Å². The summed E-state index contributed by atoms with van der Waals surface area (Å²) in [7, 11) is 5.85. The van der Waals surface area contributed by atoms with Crippen LogP contribution in [0, 0.1) is 19.7 Å². The molecule has 0 amide bonds. The fraction of sp³-hybridized carbons (Fsp3) is 0.545. The lowest BCUT2D eigenvalue weighted by atomic mass is 10.1. The van der Waals surface area contributed by atoms with Gasteiger partial charge in [-0.1, -0.05) is 6.07 Å². The van der Waals surface area contributed by atoms with Crippen molar-refractivity contribution < 1.29 is 4.39 Å². The molecule has 0 bridgehead atoms. The molecule has 1 unspecified atom stereocenters. The molecule has 2 rings (SSSR count). The van der Waals surface area contributed by atoms with Crippen LogP contribution in [0.4, 0.5) is 4.39 Å². The molecular formula is C22H36FIN6. The Hall–Kier alpha value is -1.68. The van der Waals surface area contributed by atoms with E-state index in [0.29, 0.717) is 18.7 Å². The van der Waals surface area contributed by atoms with Gasteiger partial charge in [0.2, 0.25) is 0 Å². The van der Waals surface area contributed by atoms with E-state index in [0.717, 1.165) is 30.2 Å². The summed E-state index contributed by atoms with van der Waals surface area (Å²) < 4.78 is 15.9. The van der Waals surface area contributed by atoms with Gasteiger partial charge >= 0.3 is 0 Å². The maximum absolute atomic E-state index is 14.0. The molecule has 30 heavy (non-hydrogen) atoms. The first kappa shape index (κ1) is 26.4. The molecule has 0 aliphatic carbocycles. The van der Waals surface area contributed by atoms with Crippen LogP contribution in [0.15, 0.2) is 23.2 Å². The first-order valence-electron chi connectivity index (χ1n) is 10.2. The van der Waals surface area contributed by atoms with Crippen molar-refractivity contribution in [2.45, 2.75) is 53.2 Å². The highest BCUT2D eigenvalue weighted by atomic mass is 127. The average molecular weight is 530 g/mol. The number of aliphatic imine (C=N–C) groups is 1. The molecule has 1 aromatic heterocycles. The van der Waals surface area contributed by atoms with Crippen molar-refractivity contribution in [2.75, 3.05) is 20.6 Å². The van der Waals surface area contributed by atoms with Gasteiger partial charge in [-0.3, -0.25) is 4.68 Å². The SMILES string of the molecule is CCNC(=NCc1ccc(F)c(CN(C)C)c1)NC(C)Cc1c(C)nn(C)c1C.I. The first-order chi connectivity index (χ1) is 13.7. The van der Waals surface area contributed by atoms with Crippen LogP contribution in [-0.4, -0.2) is 47.3 Å². The van der Waals surface area contributed by atoms with Crippen molar-refractivity contribution in [1.82, 2.24) is 25.3 Å². The van der Waals surface area contributed by atoms with E-state index in [1.807, 2.05) is 50.6 Å². The molecule has 6 nitrogen and oxygen atoms in total. The number of hydrogen-bond donors (Lipinski definition) is 2. The van der Waals surface area contributed by atoms with Crippen LogP contribution in [0.2, 0.25) is 0 Å². The van der Waals surface area contributed by atoms with Gasteiger partial charge in [0, 0.05) is 37.4 Å². The van der Waals surface area contributed by atoms with Gasteiger partial charge < -0.3 is 15.5 Å². The number of rotatable bonds is 8. The highest BCUT2D eigenvalue weighted by molar-refractivity contribution is 14.0. The third kappa shape index (κ3) is 7.54. The van der Waals surface area contributed by atoms with E-state index in [9.17, 15) is 4.39 Å². The Bertz CT molecular complexity index is 846. The zero-order valence-corrected chi connectivity index (χ0v) is 21.5. The lowest BCUT2D eigenvalue weighted by Gasteiger charge is -2.18. The van der Waals surface area contributed by atoms with Crippen LogP contribution in [0.5, 0.6) is 0 Å². The Balaban J connectivity index is 0.00000450. The second-order valence-electron chi connectivity index (χ2n) is 7.88. The third-order valence-electron chi connectivity index (χ3n) is 4.91. The lowest BCUT2D eigenvalue weighted by molar-refractivity contribution is 0.392. The number of aromatic nitrogens is 2. The molecule has 0 aliphatic heterocycles. The summed E-state index contributed by atoms with van der Waals surface area (Å²) in [6.45, 7) is 10.2. The predicted octanol–water partition coefficient (Wildman–Crippen LogP) is 3.54. The highest BCUT2D eigenvalue weighted by Gasteiger charge is 2.14. The van der Waals surface area contributed by atoms with E-state index in [2.05, 4.69) is 29.6 Å². The summed E-state index contributed by atoms with van der Waals surface area (Å²) >= 11 is 0. The van der Waals surface area contributed by atoms with Crippen LogP contribution >= 0.6 is 24.0 Å². The van der Waals surface area contributed by atoms with E-state index in [1.165, 1.54) is 17.3 Å². The number of guanidine groups is 1. The second kappa shape index (κ2) is 12.2. The van der Waals surface area contributed by atoms with Gasteiger partial charge in [-0.25, -0.2) is 9.38 Å². The fourth-order valence-electron chi connectivity index (χ4n) is 3.38. The monoisotopic (exact) mass is 530 g/mol. The van der Waals surface area contributed by atoms with Crippen molar-refractivity contribution in [2.24, 2.45) is 12.0 Å². The quantitative estimate of drug-likeness (QED) is 0.312. The fourth-order valence-corrected chi connectivity index (χ4v) is 3.38. The van der Waals surface area contributed by atoms with E-state index in [-0.39, 0.29) is 35.8 Å². The van der Waals surface area contributed by atoms with Crippen molar-refractivity contribution >= 4 is 29.9 Å². The first-order valence-corrected chi connectivity index (χ1v) is 10.2. The van der Waals surface area contributed by atoms with E-state index < -0.39 is 0 Å². The summed E-state index contributed by atoms with van der Waals surface area (Å²) in [6.07, 6.45) is 0.874. The number of nitrogens with zero attached hydrogens (tertiary/aromatic N) is 4. The molecule has 1 aromatic carbocycles. The van der Waals surface area contributed by atoms with Gasteiger partial charge in [0.1, 0.15) is 5.82 Å². The van der Waals surface area contributed by atoms with Crippen molar-refractivity contribution in [3.8, 4) is 0 Å². The Morgan fingerprint density at radius 3 is 2.57 bits per heavy atom. The third-order valence-corrected chi connectivity index (χ3v) is 4.91. The standard InChI is InChI=1S/C22H35FN6.HI/c1-8-24-22(26-15(2)11-20-16(3)27-29(7)17(20)4)25-13-18-9-10-21(23)19(12-18)14-28(5)6;/h9-10,12,15H,8,11,13-14H2,1-7H3,(H2,24,25,26);1H. The second-order valence-corrected chi connectivity index (χ2v) is 7.88. The molecule has 0 spiro atoms. The van der Waals surface area contributed by atoms with E-state index in [4.69, 9.17) is 4.99 Å². The Morgan fingerprint density at radius 1 is 1.30 bits per heavy atom. The van der Waals surface area contributed by atoms with Gasteiger partial charge in [-0.15, -0.1) is 24.0 Å². The maximum Gasteiger partial charge on any atom is 0.191 e. The summed E-state index contributed by atoms with van der Waals surface area (Å²) in [5.41, 5.74) is 5.22. The zero-order chi connectivity index (χ0) is 21.6. The topological polar surface area (TPSA) is 57.5 Å². The van der Waals surface area contributed by atoms with Gasteiger partial charge in [-0.05, 0) is 71.5 Å². The van der Waals surface area contributed by atoms with Crippen molar-refractivity contribution in [1.29, 1.82) is 0 Å². The normalized spacial score (nSPS) is 12.6. The largest absolute Gasteiger partial charge is 0.357 e. The summed E-state index contributed by atoms with van der Waals surface area (Å²) in [6, 6.07) is 5.43. The number of nitrogens with one attached hydrogen (secondary N) is 2. The zero-order valence-electron chi connectivity index (χ0n) is 19.2. The molecule has 2 N–H and O–H groups in total. The Kier molecular flexibility index (Phi) is 10.8. The smallest absolute Gasteiger partial charge is 0.191 e. The van der Waals surface area contributed by atoms with Crippen LogP contribution in [-0.2, 0) is 26.6 Å². The number of hydrogen-bond acceptors (Lipinski definition) is 3. The van der Waals surface area contributed by atoms with Crippen LogP contribution in [0.3, 0.4) is 0 Å². The van der Waals surface area contributed by atoms with Crippen LogP contribution in [0.25, 0.3) is 0 Å². The minimum absolute atomic E-state index is 0. The van der Waals surface area contributed by atoms with Crippen LogP contribution < -0.4 is 10.6 Å². The number of benzene rings is 1.